The second kappa shape index (κ2) is 7.50. The van der Waals surface area contributed by atoms with Gasteiger partial charge in [0.2, 0.25) is 0 Å². The topological polar surface area (TPSA) is 33.7 Å². The van der Waals surface area contributed by atoms with Crippen LogP contribution in [0.25, 0.3) is 0 Å². The molecule has 1 aromatic rings. The van der Waals surface area contributed by atoms with Crippen LogP contribution in [-0.4, -0.2) is 50.8 Å². The third-order valence-electron chi connectivity index (χ3n) is 3.86. The highest BCUT2D eigenvalue weighted by Gasteiger charge is 2.28. The summed E-state index contributed by atoms with van der Waals surface area (Å²) in [6, 6.07) is 9.14. The lowest BCUT2D eigenvalue weighted by atomic mass is 10.3. The van der Waals surface area contributed by atoms with Crippen LogP contribution >= 0.6 is 0 Å². The number of hydrogen-bond acceptors (Lipinski definition) is 4. The van der Waals surface area contributed by atoms with Gasteiger partial charge in [0.25, 0.3) is 0 Å². The third kappa shape index (κ3) is 4.39. The molecule has 20 heavy (non-hydrogen) atoms. The van der Waals surface area contributed by atoms with Crippen LogP contribution in [0.4, 0.5) is 0 Å². The first-order valence-electron chi connectivity index (χ1n) is 7.41. The van der Waals surface area contributed by atoms with Gasteiger partial charge >= 0.3 is 0 Å². The van der Waals surface area contributed by atoms with E-state index in [0.717, 1.165) is 30.6 Å². The van der Waals surface area contributed by atoms with Crippen LogP contribution in [0.15, 0.2) is 24.3 Å². The van der Waals surface area contributed by atoms with E-state index in [-0.39, 0.29) is 0 Å². The Balaban J connectivity index is 1.61. The Morgan fingerprint density at radius 1 is 1.30 bits per heavy atom. The maximum atomic E-state index is 5.73. The van der Waals surface area contributed by atoms with E-state index in [4.69, 9.17) is 9.47 Å². The number of para-hydroxylation sites is 2. The lowest BCUT2D eigenvalue weighted by molar-refractivity contribution is 0.234. The standard InChI is InChI=1S/C16H26N2O2/c1-13(18(2)14-8-9-14)12-17-10-11-20-16-7-5-4-6-15(16)19-3/h4-7,13-14,17H,8-12H2,1-3H3. The van der Waals surface area contributed by atoms with Crippen LogP contribution in [-0.2, 0) is 0 Å². The highest BCUT2D eigenvalue weighted by molar-refractivity contribution is 5.39. The molecule has 1 fully saturated rings. The number of rotatable bonds is 9. The summed E-state index contributed by atoms with van der Waals surface area (Å²) in [4.78, 5) is 2.47. The van der Waals surface area contributed by atoms with Crippen LogP contribution in [0.5, 0.6) is 11.5 Å². The van der Waals surface area contributed by atoms with Crippen molar-refractivity contribution >= 4 is 0 Å². The van der Waals surface area contributed by atoms with Crippen LogP contribution in [0, 0.1) is 0 Å². The average Bonchev–Trinajstić information content (AvgIpc) is 3.31. The molecule has 0 spiro atoms. The summed E-state index contributed by atoms with van der Waals surface area (Å²) < 4.78 is 11.0. The summed E-state index contributed by atoms with van der Waals surface area (Å²) in [6.07, 6.45) is 2.72. The van der Waals surface area contributed by atoms with Crippen molar-refractivity contribution in [1.29, 1.82) is 0 Å². The molecule has 1 aromatic carbocycles. The van der Waals surface area contributed by atoms with Gasteiger partial charge in [0, 0.05) is 25.2 Å². The fraction of sp³-hybridized carbons (Fsp3) is 0.625. The summed E-state index contributed by atoms with van der Waals surface area (Å²) in [5, 5.41) is 3.45. The lowest BCUT2D eigenvalue weighted by Gasteiger charge is -2.24. The molecule has 1 unspecified atom stereocenters. The smallest absolute Gasteiger partial charge is 0.161 e. The number of nitrogens with one attached hydrogen (secondary N) is 1. The zero-order chi connectivity index (χ0) is 14.4. The molecular formula is C16H26N2O2. The maximum absolute atomic E-state index is 5.73. The van der Waals surface area contributed by atoms with Gasteiger partial charge in [-0.3, -0.25) is 4.90 Å². The Morgan fingerprint density at radius 2 is 2.00 bits per heavy atom. The van der Waals surface area contributed by atoms with Gasteiger partial charge in [-0.2, -0.15) is 0 Å². The fourth-order valence-electron chi connectivity index (χ4n) is 2.27. The zero-order valence-electron chi connectivity index (χ0n) is 12.8. The fourth-order valence-corrected chi connectivity index (χ4v) is 2.27. The molecule has 112 valence electrons. The van der Waals surface area contributed by atoms with Crippen molar-refractivity contribution < 1.29 is 9.47 Å². The predicted molar refractivity (Wildman–Crippen MR) is 81.6 cm³/mol. The van der Waals surface area contributed by atoms with Gasteiger partial charge in [0.05, 0.1) is 7.11 Å². The molecule has 0 radical (unpaired) electrons. The van der Waals surface area contributed by atoms with E-state index in [0.29, 0.717) is 12.6 Å². The van der Waals surface area contributed by atoms with Gasteiger partial charge in [-0.15, -0.1) is 0 Å². The molecule has 4 heteroatoms. The van der Waals surface area contributed by atoms with Crippen molar-refractivity contribution in [2.75, 3.05) is 33.9 Å². The van der Waals surface area contributed by atoms with Gasteiger partial charge in [0.1, 0.15) is 6.61 Å². The number of nitrogens with zero attached hydrogens (tertiary/aromatic N) is 1. The van der Waals surface area contributed by atoms with Crippen molar-refractivity contribution in [3.8, 4) is 11.5 Å². The molecule has 0 amide bonds. The highest BCUT2D eigenvalue weighted by Crippen LogP contribution is 2.27. The van der Waals surface area contributed by atoms with Crippen molar-refractivity contribution in [3.05, 3.63) is 24.3 Å². The van der Waals surface area contributed by atoms with E-state index in [1.165, 1.54) is 12.8 Å². The molecule has 1 N–H and O–H groups in total. The minimum Gasteiger partial charge on any atom is -0.493 e. The van der Waals surface area contributed by atoms with E-state index in [1.54, 1.807) is 7.11 Å². The summed E-state index contributed by atoms with van der Waals surface area (Å²) in [5.74, 6) is 1.59. The monoisotopic (exact) mass is 278 g/mol. The molecule has 1 saturated carbocycles. The molecule has 1 aliphatic carbocycles. The van der Waals surface area contributed by atoms with Crippen LogP contribution in [0.3, 0.4) is 0 Å². The van der Waals surface area contributed by atoms with E-state index in [2.05, 4.69) is 24.2 Å². The highest BCUT2D eigenvalue weighted by atomic mass is 16.5. The molecule has 0 aliphatic heterocycles. The summed E-state index contributed by atoms with van der Waals surface area (Å²) in [6.45, 7) is 4.77. The second-order valence-corrected chi connectivity index (χ2v) is 5.45. The van der Waals surface area contributed by atoms with Gasteiger partial charge in [0.15, 0.2) is 11.5 Å². The molecule has 4 nitrogen and oxygen atoms in total. The number of methoxy groups -OCH3 is 1. The van der Waals surface area contributed by atoms with Crippen LogP contribution < -0.4 is 14.8 Å². The van der Waals surface area contributed by atoms with E-state index in [1.807, 2.05) is 24.3 Å². The second-order valence-electron chi connectivity index (χ2n) is 5.45. The predicted octanol–water partition coefficient (Wildman–Crippen LogP) is 2.15. The first kappa shape index (κ1) is 15.1. The first-order chi connectivity index (χ1) is 9.72. The molecular weight excluding hydrogens is 252 g/mol. The molecule has 2 rings (SSSR count). The molecule has 0 aromatic heterocycles. The Hall–Kier alpha value is -1.26. The lowest BCUT2D eigenvalue weighted by Crippen LogP contribution is -2.40. The van der Waals surface area contributed by atoms with Gasteiger partial charge in [-0.05, 0) is 38.9 Å². The Labute approximate surface area is 122 Å². The van der Waals surface area contributed by atoms with Crippen molar-refractivity contribution in [2.45, 2.75) is 31.8 Å². The Bertz CT molecular complexity index is 407. The molecule has 0 saturated heterocycles. The minimum absolute atomic E-state index is 0.578. The third-order valence-corrected chi connectivity index (χ3v) is 3.86. The Kier molecular flexibility index (Phi) is 5.68. The van der Waals surface area contributed by atoms with Crippen molar-refractivity contribution in [1.82, 2.24) is 10.2 Å². The molecule has 1 atom stereocenters. The maximum Gasteiger partial charge on any atom is 0.161 e. The van der Waals surface area contributed by atoms with Gasteiger partial charge in [-0.25, -0.2) is 0 Å². The van der Waals surface area contributed by atoms with E-state index in [9.17, 15) is 0 Å². The Morgan fingerprint density at radius 3 is 2.65 bits per heavy atom. The SMILES string of the molecule is COc1ccccc1OCCNCC(C)N(C)C1CC1. The number of likely N-dealkylation sites (N-methyl/N-ethyl adjacent to an activating group) is 1. The van der Waals surface area contributed by atoms with Crippen molar-refractivity contribution in [2.24, 2.45) is 0 Å². The molecule has 0 heterocycles. The van der Waals surface area contributed by atoms with E-state index >= 15 is 0 Å². The number of hydrogen-bond donors (Lipinski definition) is 1. The number of benzene rings is 1. The van der Waals surface area contributed by atoms with Gasteiger partial charge < -0.3 is 14.8 Å². The van der Waals surface area contributed by atoms with Gasteiger partial charge in [-0.1, -0.05) is 12.1 Å². The minimum atomic E-state index is 0.578. The summed E-state index contributed by atoms with van der Waals surface area (Å²) in [5.41, 5.74) is 0. The van der Waals surface area contributed by atoms with Crippen LogP contribution in [0.1, 0.15) is 19.8 Å². The average molecular weight is 278 g/mol. The first-order valence-corrected chi connectivity index (χ1v) is 7.41. The quantitative estimate of drug-likeness (QED) is 0.702. The summed E-state index contributed by atoms with van der Waals surface area (Å²) in [7, 11) is 3.88. The number of ether oxygens (including phenoxy) is 2. The molecule has 1 aliphatic rings. The van der Waals surface area contributed by atoms with Crippen molar-refractivity contribution in [3.63, 3.8) is 0 Å². The molecule has 0 bridgehead atoms. The zero-order valence-corrected chi connectivity index (χ0v) is 12.8. The summed E-state index contributed by atoms with van der Waals surface area (Å²) >= 11 is 0. The largest absolute Gasteiger partial charge is 0.493 e. The van der Waals surface area contributed by atoms with E-state index < -0.39 is 0 Å². The van der Waals surface area contributed by atoms with Crippen LogP contribution in [0.2, 0.25) is 0 Å². The normalized spacial score (nSPS) is 16.2.